The van der Waals surface area contributed by atoms with Crippen molar-refractivity contribution in [1.29, 1.82) is 0 Å². The van der Waals surface area contributed by atoms with Crippen molar-refractivity contribution in [3.8, 4) is 11.5 Å². The zero-order valence-corrected chi connectivity index (χ0v) is 15.1. The Kier molecular flexibility index (Phi) is 5.34. The summed E-state index contributed by atoms with van der Waals surface area (Å²) in [5.41, 5.74) is 8.09. The molecule has 0 amide bonds. The molecule has 0 aromatic heterocycles. The lowest BCUT2D eigenvalue weighted by Gasteiger charge is -2.33. The second-order valence-electron chi connectivity index (χ2n) is 6.09. The van der Waals surface area contributed by atoms with E-state index in [0.717, 1.165) is 24.3 Å². The zero-order valence-electron chi connectivity index (χ0n) is 14.3. The number of hydrogen-bond donors (Lipinski definition) is 2. The van der Waals surface area contributed by atoms with E-state index in [-0.39, 0.29) is 6.04 Å². The monoisotopic (exact) mass is 359 g/mol. The van der Waals surface area contributed by atoms with Crippen LogP contribution in [-0.2, 0) is 0 Å². The van der Waals surface area contributed by atoms with Crippen molar-refractivity contribution < 1.29 is 9.47 Å². The van der Waals surface area contributed by atoms with Gasteiger partial charge in [0.05, 0.1) is 25.3 Å². The van der Waals surface area contributed by atoms with Crippen LogP contribution in [0.15, 0.2) is 47.5 Å². The number of guanidine groups is 1. The Labute approximate surface area is 152 Å². The third kappa shape index (κ3) is 4.17. The van der Waals surface area contributed by atoms with Crippen molar-refractivity contribution >= 4 is 23.2 Å². The Bertz CT molecular complexity index is 773. The number of nitrogens with zero attached hydrogens (tertiary/aromatic N) is 1. The third-order valence-corrected chi connectivity index (χ3v) is 4.72. The number of hydrogen-bond acceptors (Lipinski definition) is 3. The average Bonchev–Trinajstić information content (AvgIpc) is 2.58. The molecule has 2 aromatic carbocycles. The predicted molar refractivity (Wildman–Crippen MR) is 102 cm³/mol. The first kappa shape index (κ1) is 17.4. The lowest BCUT2D eigenvalue weighted by Crippen LogP contribution is -2.31. The summed E-state index contributed by atoms with van der Waals surface area (Å²) < 4.78 is 10.4. The molecule has 6 heteroatoms. The Morgan fingerprint density at radius 3 is 2.64 bits per heavy atom. The molecule has 5 nitrogen and oxygen atoms in total. The molecule has 1 aliphatic carbocycles. The number of nitrogens with one attached hydrogen (secondary N) is 1. The van der Waals surface area contributed by atoms with Crippen molar-refractivity contribution in [2.75, 3.05) is 19.5 Å². The van der Waals surface area contributed by atoms with Gasteiger partial charge in [0.25, 0.3) is 0 Å². The molecule has 0 radical (unpaired) electrons. The van der Waals surface area contributed by atoms with Crippen LogP contribution in [0.5, 0.6) is 11.5 Å². The molecule has 0 aliphatic heterocycles. The minimum atomic E-state index is 0.234. The second-order valence-corrected chi connectivity index (χ2v) is 6.49. The van der Waals surface area contributed by atoms with E-state index < -0.39 is 0 Å². The van der Waals surface area contributed by atoms with Gasteiger partial charge in [-0.2, -0.15) is 0 Å². The summed E-state index contributed by atoms with van der Waals surface area (Å²) >= 11 is 6.11. The number of halogens is 1. The minimum absolute atomic E-state index is 0.234. The number of benzene rings is 2. The topological polar surface area (TPSA) is 68.9 Å². The zero-order chi connectivity index (χ0) is 17.8. The van der Waals surface area contributed by atoms with Gasteiger partial charge in [0.15, 0.2) is 5.96 Å². The van der Waals surface area contributed by atoms with Gasteiger partial charge in [-0.05, 0) is 54.7 Å². The van der Waals surface area contributed by atoms with Gasteiger partial charge in [-0.3, -0.25) is 0 Å². The Balaban J connectivity index is 1.56. The smallest absolute Gasteiger partial charge is 0.193 e. The molecule has 0 unspecified atom stereocenters. The van der Waals surface area contributed by atoms with Crippen LogP contribution in [0.2, 0.25) is 5.02 Å². The first-order valence-corrected chi connectivity index (χ1v) is 8.54. The van der Waals surface area contributed by atoms with Gasteiger partial charge >= 0.3 is 0 Å². The number of nitrogens with two attached hydrogens (primary N) is 1. The lowest BCUT2D eigenvalue weighted by molar-refractivity contribution is 0.351. The van der Waals surface area contributed by atoms with Gasteiger partial charge in [0.1, 0.15) is 11.5 Å². The van der Waals surface area contributed by atoms with E-state index in [0.29, 0.717) is 22.6 Å². The number of aliphatic imine (C=N–C) groups is 1. The lowest BCUT2D eigenvalue weighted by atomic mass is 9.76. The summed E-state index contributed by atoms with van der Waals surface area (Å²) in [4.78, 5) is 4.55. The molecule has 0 saturated heterocycles. The molecule has 0 bridgehead atoms. The summed E-state index contributed by atoms with van der Waals surface area (Å²) in [5, 5.41) is 3.60. The molecular weight excluding hydrogens is 338 g/mol. The summed E-state index contributed by atoms with van der Waals surface area (Å²) in [6.07, 6.45) is 1.97. The van der Waals surface area contributed by atoms with Crippen LogP contribution in [0.3, 0.4) is 0 Å². The van der Waals surface area contributed by atoms with Crippen LogP contribution in [0, 0.1) is 0 Å². The highest BCUT2D eigenvalue weighted by Gasteiger charge is 2.30. The van der Waals surface area contributed by atoms with Crippen LogP contribution in [-0.4, -0.2) is 26.2 Å². The third-order valence-electron chi connectivity index (χ3n) is 4.42. The van der Waals surface area contributed by atoms with Gasteiger partial charge in [0, 0.05) is 5.69 Å². The maximum atomic E-state index is 6.11. The van der Waals surface area contributed by atoms with E-state index >= 15 is 0 Å². The largest absolute Gasteiger partial charge is 0.497 e. The van der Waals surface area contributed by atoms with Gasteiger partial charge in [-0.15, -0.1) is 0 Å². The van der Waals surface area contributed by atoms with Crippen LogP contribution >= 0.6 is 11.6 Å². The highest BCUT2D eigenvalue weighted by Crippen LogP contribution is 2.39. The quantitative estimate of drug-likeness (QED) is 0.624. The minimum Gasteiger partial charge on any atom is -0.497 e. The highest BCUT2D eigenvalue weighted by molar-refractivity contribution is 6.32. The summed E-state index contributed by atoms with van der Waals surface area (Å²) in [5.74, 6) is 2.42. The second kappa shape index (κ2) is 7.66. The molecular formula is C19H22ClN3O2. The van der Waals surface area contributed by atoms with Crippen molar-refractivity contribution in [1.82, 2.24) is 0 Å². The fourth-order valence-electron chi connectivity index (χ4n) is 2.98. The first-order chi connectivity index (χ1) is 12.1. The fourth-order valence-corrected chi connectivity index (χ4v) is 3.24. The number of anilines is 1. The molecule has 1 aliphatic rings. The van der Waals surface area contributed by atoms with E-state index in [1.165, 1.54) is 5.56 Å². The standard InChI is InChI=1S/C19H22ClN3O2/c1-24-16-5-3-4-12(10-16)13-8-15(9-13)23-19(21)22-14-6-7-18(25-2)17(20)11-14/h3-7,10-11,13,15H,8-9H2,1-2H3,(H3,21,22,23). The van der Waals surface area contributed by atoms with E-state index in [9.17, 15) is 0 Å². The maximum absolute atomic E-state index is 6.11. The molecule has 3 N–H and O–H groups in total. The fraction of sp³-hybridized carbons (Fsp3) is 0.316. The molecule has 1 saturated carbocycles. The van der Waals surface area contributed by atoms with Crippen molar-refractivity contribution in [2.45, 2.75) is 24.8 Å². The summed E-state index contributed by atoms with van der Waals surface area (Å²) in [7, 11) is 3.27. The molecule has 2 aromatic rings. The summed E-state index contributed by atoms with van der Waals surface area (Å²) in [6.45, 7) is 0. The molecule has 0 spiro atoms. The van der Waals surface area contributed by atoms with Crippen molar-refractivity contribution in [2.24, 2.45) is 10.7 Å². The van der Waals surface area contributed by atoms with Crippen LogP contribution in [0.1, 0.15) is 24.3 Å². The SMILES string of the molecule is COc1cccc(C2CC(N=C(N)Nc3ccc(OC)c(Cl)c3)C2)c1. The molecule has 25 heavy (non-hydrogen) atoms. The van der Waals surface area contributed by atoms with Crippen molar-refractivity contribution in [3.05, 3.63) is 53.1 Å². The van der Waals surface area contributed by atoms with E-state index in [1.54, 1.807) is 26.4 Å². The molecule has 132 valence electrons. The number of ether oxygens (including phenoxy) is 2. The predicted octanol–water partition coefficient (Wildman–Crippen LogP) is 4.03. The first-order valence-electron chi connectivity index (χ1n) is 8.17. The van der Waals surface area contributed by atoms with E-state index in [4.69, 9.17) is 26.8 Å². The number of rotatable bonds is 5. The van der Waals surface area contributed by atoms with Crippen molar-refractivity contribution in [3.63, 3.8) is 0 Å². The number of methoxy groups -OCH3 is 2. The molecule has 1 fully saturated rings. The van der Waals surface area contributed by atoms with E-state index in [1.807, 2.05) is 18.2 Å². The van der Waals surface area contributed by atoms with Gasteiger partial charge in [-0.25, -0.2) is 4.99 Å². The van der Waals surface area contributed by atoms with Crippen LogP contribution in [0.4, 0.5) is 5.69 Å². The average molecular weight is 360 g/mol. The van der Waals surface area contributed by atoms with Gasteiger partial charge in [0.2, 0.25) is 0 Å². The van der Waals surface area contributed by atoms with E-state index in [2.05, 4.69) is 22.4 Å². The maximum Gasteiger partial charge on any atom is 0.193 e. The highest BCUT2D eigenvalue weighted by atomic mass is 35.5. The van der Waals surface area contributed by atoms with Crippen LogP contribution < -0.4 is 20.5 Å². The summed E-state index contributed by atoms with van der Waals surface area (Å²) in [6, 6.07) is 13.8. The Morgan fingerprint density at radius 1 is 1.16 bits per heavy atom. The molecule has 3 rings (SSSR count). The van der Waals surface area contributed by atoms with Crippen LogP contribution in [0.25, 0.3) is 0 Å². The van der Waals surface area contributed by atoms with Gasteiger partial charge < -0.3 is 20.5 Å². The Morgan fingerprint density at radius 2 is 1.96 bits per heavy atom. The molecule has 0 heterocycles. The molecule has 0 atom stereocenters. The normalized spacial score (nSPS) is 19.9. The Hall–Kier alpha value is -2.40. The van der Waals surface area contributed by atoms with Gasteiger partial charge in [-0.1, -0.05) is 23.7 Å².